The van der Waals surface area contributed by atoms with E-state index in [0.717, 1.165) is 70.7 Å². The van der Waals surface area contributed by atoms with Gasteiger partial charge in [-0.1, -0.05) is 19.1 Å². The molecule has 2 aliphatic heterocycles. The Morgan fingerprint density at radius 2 is 1.97 bits per heavy atom. The van der Waals surface area contributed by atoms with Gasteiger partial charge < -0.3 is 20.3 Å². The van der Waals surface area contributed by atoms with Crippen molar-refractivity contribution in [3.63, 3.8) is 0 Å². The van der Waals surface area contributed by atoms with Crippen LogP contribution in [0.4, 0.5) is 5.69 Å². The number of carbonyl (C=O) groups is 2. The van der Waals surface area contributed by atoms with Crippen molar-refractivity contribution in [2.45, 2.75) is 38.3 Å². The topological polar surface area (TPSA) is 73.9 Å². The van der Waals surface area contributed by atoms with Crippen molar-refractivity contribution in [2.75, 3.05) is 51.8 Å². The fourth-order valence-electron chi connectivity index (χ4n) is 6.46. The lowest BCUT2D eigenvalue weighted by Crippen LogP contribution is -2.70. The van der Waals surface area contributed by atoms with E-state index in [-0.39, 0.29) is 23.2 Å². The number of anilines is 1. The number of para-hydroxylation sites is 1. The molecule has 2 amide bonds. The van der Waals surface area contributed by atoms with Gasteiger partial charge in [-0.25, -0.2) is 0 Å². The maximum Gasteiger partial charge on any atom is 0.255 e. The molecular weight excluding hydrogens is 392 g/mol. The fraction of sp³-hybridized carbons (Fsp3) is 0.667. The van der Waals surface area contributed by atoms with Gasteiger partial charge in [0.25, 0.3) is 5.91 Å². The van der Waals surface area contributed by atoms with E-state index < -0.39 is 5.66 Å². The molecule has 4 unspecified atom stereocenters. The number of fused-ring (bicyclic) bond motifs is 3. The first-order chi connectivity index (χ1) is 14.9. The summed E-state index contributed by atoms with van der Waals surface area (Å²) in [5.74, 6) is 0.624. The van der Waals surface area contributed by atoms with Gasteiger partial charge in [0.2, 0.25) is 5.91 Å². The third kappa shape index (κ3) is 3.52. The molecule has 6 rings (SSSR count). The maximum atomic E-state index is 13.6. The molecule has 5 aliphatic rings. The van der Waals surface area contributed by atoms with Crippen molar-refractivity contribution in [1.29, 1.82) is 0 Å². The van der Waals surface area contributed by atoms with Gasteiger partial charge in [-0.3, -0.25) is 14.5 Å². The molecule has 31 heavy (non-hydrogen) atoms. The molecule has 3 saturated carbocycles. The van der Waals surface area contributed by atoms with Crippen LogP contribution in [0.2, 0.25) is 0 Å². The molecule has 2 bridgehead atoms. The van der Waals surface area contributed by atoms with E-state index in [1.54, 1.807) is 7.11 Å². The van der Waals surface area contributed by atoms with Crippen LogP contribution in [0.5, 0.6) is 0 Å². The molecule has 4 atom stereocenters. The number of rotatable bonds is 4. The van der Waals surface area contributed by atoms with Gasteiger partial charge in [0.1, 0.15) is 5.66 Å². The number of piperazine rings is 1. The SMILES string of the molecule is COCCN1CCN(C(=O)C2CC3CCC2(C)CC32NC(=O)c3ccccc3N2)CC1. The Labute approximate surface area is 184 Å². The predicted molar refractivity (Wildman–Crippen MR) is 119 cm³/mol. The number of nitrogens with one attached hydrogen (secondary N) is 2. The van der Waals surface area contributed by atoms with Gasteiger partial charge in [-0.05, 0) is 43.2 Å². The molecule has 1 spiro atoms. The van der Waals surface area contributed by atoms with Crippen LogP contribution < -0.4 is 10.6 Å². The monoisotopic (exact) mass is 426 g/mol. The molecule has 1 saturated heterocycles. The van der Waals surface area contributed by atoms with Crippen molar-refractivity contribution >= 4 is 17.5 Å². The third-order valence-corrected chi connectivity index (χ3v) is 8.26. The molecule has 3 aliphatic carbocycles. The number of carbonyl (C=O) groups excluding carboxylic acids is 2. The Morgan fingerprint density at radius 3 is 2.71 bits per heavy atom. The van der Waals surface area contributed by atoms with E-state index in [0.29, 0.717) is 11.5 Å². The number of hydrogen-bond donors (Lipinski definition) is 2. The van der Waals surface area contributed by atoms with Gasteiger partial charge in [-0.15, -0.1) is 0 Å². The average molecular weight is 427 g/mol. The number of hydrogen-bond acceptors (Lipinski definition) is 5. The Kier molecular flexibility index (Phi) is 5.21. The molecule has 0 aromatic heterocycles. The zero-order valence-electron chi connectivity index (χ0n) is 18.7. The highest BCUT2D eigenvalue weighted by atomic mass is 16.5. The summed E-state index contributed by atoms with van der Waals surface area (Å²) < 4.78 is 5.19. The van der Waals surface area contributed by atoms with Gasteiger partial charge in [0, 0.05) is 57.4 Å². The molecular formula is C24H34N4O3. The van der Waals surface area contributed by atoms with Crippen molar-refractivity contribution < 1.29 is 14.3 Å². The molecule has 4 fully saturated rings. The Hall–Kier alpha value is -2.12. The number of amides is 2. The van der Waals surface area contributed by atoms with Crippen LogP contribution in [0.3, 0.4) is 0 Å². The standard InChI is InChI=1S/C24H34N4O3/c1-23-8-7-17(24(16-23)25-20-6-4-3-5-18(20)21(29)26-24)15-19(23)22(30)28-11-9-27(10-12-28)13-14-31-2/h3-6,17,19,25H,7-16H2,1-2H3,(H,26,29). The average Bonchev–Trinajstić information content (AvgIpc) is 2.77. The first-order valence-corrected chi connectivity index (χ1v) is 11.6. The Bertz CT molecular complexity index is 868. The summed E-state index contributed by atoms with van der Waals surface area (Å²) in [6.45, 7) is 7.36. The normalized spacial score (nSPS) is 34.9. The van der Waals surface area contributed by atoms with Gasteiger partial charge in [0.15, 0.2) is 0 Å². The largest absolute Gasteiger partial charge is 0.383 e. The molecule has 0 radical (unpaired) electrons. The quantitative estimate of drug-likeness (QED) is 0.772. The van der Waals surface area contributed by atoms with E-state index >= 15 is 0 Å². The summed E-state index contributed by atoms with van der Waals surface area (Å²) in [7, 11) is 1.73. The van der Waals surface area contributed by atoms with Crippen LogP contribution in [-0.4, -0.2) is 73.7 Å². The molecule has 7 nitrogen and oxygen atoms in total. The van der Waals surface area contributed by atoms with E-state index in [9.17, 15) is 9.59 Å². The molecule has 1 aromatic carbocycles. The van der Waals surface area contributed by atoms with Gasteiger partial charge >= 0.3 is 0 Å². The van der Waals surface area contributed by atoms with E-state index in [1.807, 2.05) is 24.3 Å². The fourth-order valence-corrected chi connectivity index (χ4v) is 6.46. The first kappa shape index (κ1) is 20.8. The van der Waals surface area contributed by atoms with Gasteiger partial charge in [-0.2, -0.15) is 0 Å². The van der Waals surface area contributed by atoms with E-state index in [2.05, 4.69) is 27.4 Å². The van der Waals surface area contributed by atoms with Crippen molar-refractivity contribution in [3.05, 3.63) is 29.8 Å². The number of nitrogens with zero attached hydrogens (tertiary/aromatic N) is 2. The molecule has 168 valence electrons. The molecule has 1 aromatic rings. The summed E-state index contributed by atoms with van der Waals surface area (Å²) >= 11 is 0. The highest BCUT2D eigenvalue weighted by molar-refractivity contribution is 6.02. The van der Waals surface area contributed by atoms with Crippen molar-refractivity contribution in [2.24, 2.45) is 17.3 Å². The summed E-state index contributed by atoms with van der Waals surface area (Å²) in [6, 6.07) is 7.73. The first-order valence-electron chi connectivity index (χ1n) is 11.6. The molecule has 2 heterocycles. The van der Waals surface area contributed by atoms with Crippen LogP contribution in [0.15, 0.2) is 24.3 Å². The third-order valence-electron chi connectivity index (χ3n) is 8.26. The zero-order chi connectivity index (χ0) is 21.6. The van der Waals surface area contributed by atoms with Gasteiger partial charge in [0.05, 0.1) is 12.2 Å². The van der Waals surface area contributed by atoms with E-state index in [1.165, 1.54) is 0 Å². The summed E-state index contributed by atoms with van der Waals surface area (Å²) in [6.07, 6.45) is 3.73. The van der Waals surface area contributed by atoms with Crippen LogP contribution in [0.1, 0.15) is 43.0 Å². The highest BCUT2D eigenvalue weighted by Crippen LogP contribution is 2.58. The van der Waals surface area contributed by atoms with Crippen molar-refractivity contribution in [3.8, 4) is 0 Å². The number of ether oxygens (including phenoxy) is 1. The number of methoxy groups -OCH3 is 1. The maximum absolute atomic E-state index is 13.6. The second-order valence-electron chi connectivity index (χ2n) is 10.1. The van der Waals surface area contributed by atoms with Crippen LogP contribution in [0, 0.1) is 17.3 Å². The second kappa shape index (κ2) is 7.78. The Balaban J connectivity index is 1.30. The van der Waals surface area contributed by atoms with E-state index in [4.69, 9.17) is 4.74 Å². The Morgan fingerprint density at radius 1 is 1.19 bits per heavy atom. The summed E-state index contributed by atoms with van der Waals surface area (Å²) in [4.78, 5) is 30.9. The lowest BCUT2D eigenvalue weighted by atomic mass is 9.51. The predicted octanol–water partition coefficient (Wildman–Crippen LogP) is 2.16. The second-order valence-corrected chi connectivity index (χ2v) is 10.1. The summed E-state index contributed by atoms with van der Waals surface area (Å²) in [5.41, 5.74) is 1.08. The minimum Gasteiger partial charge on any atom is -0.383 e. The van der Waals surface area contributed by atoms with Crippen LogP contribution >= 0.6 is 0 Å². The zero-order valence-corrected chi connectivity index (χ0v) is 18.7. The van der Waals surface area contributed by atoms with Crippen LogP contribution in [0.25, 0.3) is 0 Å². The van der Waals surface area contributed by atoms with Crippen LogP contribution in [-0.2, 0) is 9.53 Å². The lowest BCUT2D eigenvalue weighted by molar-refractivity contribution is -0.152. The lowest BCUT2D eigenvalue weighted by Gasteiger charge is -2.61. The van der Waals surface area contributed by atoms with Crippen molar-refractivity contribution in [1.82, 2.24) is 15.1 Å². The summed E-state index contributed by atoms with van der Waals surface area (Å²) in [5, 5.41) is 7.00. The molecule has 2 N–H and O–H groups in total. The minimum absolute atomic E-state index is 0.000516. The minimum atomic E-state index is -0.436. The smallest absolute Gasteiger partial charge is 0.255 e. The highest BCUT2D eigenvalue weighted by Gasteiger charge is 2.60. The molecule has 7 heteroatoms. The number of benzene rings is 1.